The summed E-state index contributed by atoms with van der Waals surface area (Å²) in [5.41, 5.74) is 0.426. The minimum absolute atomic E-state index is 0.0656. The van der Waals surface area contributed by atoms with Crippen molar-refractivity contribution in [1.29, 1.82) is 0 Å². The molecule has 0 spiro atoms. The minimum atomic E-state index is -0.344. The zero-order valence-electron chi connectivity index (χ0n) is 22.7. The first-order valence-corrected chi connectivity index (χ1v) is 15.0. The molecule has 1 unspecified atom stereocenters. The van der Waals surface area contributed by atoms with Crippen molar-refractivity contribution in [3.05, 3.63) is 12.2 Å². The SMILES string of the molecule is C=C(C)C(=O)OCC(CO)CCCC1CCC(C2CCC(CCCCCCCCC)CC2)CC1. The molecule has 3 heteroatoms. The lowest BCUT2D eigenvalue weighted by atomic mass is 9.68. The Morgan fingerprint density at radius 1 is 0.824 bits per heavy atom. The smallest absolute Gasteiger partial charge is 0.333 e. The van der Waals surface area contributed by atoms with Crippen LogP contribution in [-0.2, 0) is 9.53 Å². The van der Waals surface area contributed by atoms with Crippen LogP contribution in [0, 0.1) is 29.6 Å². The van der Waals surface area contributed by atoms with E-state index in [2.05, 4.69) is 13.5 Å². The average Bonchev–Trinajstić information content (AvgIpc) is 2.86. The van der Waals surface area contributed by atoms with E-state index >= 15 is 0 Å². The van der Waals surface area contributed by atoms with Gasteiger partial charge in [-0.2, -0.15) is 0 Å². The van der Waals surface area contributed by atoms with Crippen LogP contribution >= 0.6 is 0 Å². The van der Waals surface area contributed by atoms with E-state index in [4.69, 9.17) is 4.74 Å². The summed E-state index contributed by atoms with van der Waals surface area (Å²) >= 11 is 0. The predicted octanol–water partition coefficient (Wildman–Crippen LogP) is 8.64. The number of aliphatic hydroxyl groups excluding tert-OH is 1. The first kappa shape index (κ1) is 29.4. The Balaban J connectivity index is 1.51. The Morgan fingerprint density at radius 3 is 1.82 bits per heavy atom. The van der Waals surface area contributed by atoms with Gasteiger partial charge in [0.1, 0.15) is 0 Å². The third-order valence-corrected chi connectivity index (χ3v) is 8.95. The molecule has 0 bridgehead atoms. The number of unbranched alkanes of at least 4 members (excludes halogenated alkanes) is 6. The highest BCUT2D eigenvalue weighted by atomic mass is 16.5. The van der Waals surface area contributed by atoms with Crippen LogP contribution in [0.2, 0.25) is 0 Å². The number of aliphatic hydroxyl groups is 1. The van der Waals surface area contributed by atoms with E-state index in [9.17, 15) is 9.90 Å². The number of hydrogen-bond acceptors (Lipinski definition) is 3. The molecule has 1 atom stereocenters. The summed E-state index contributed by atoms with van der Waals surface area (Å²) < 4.78 is 5.23. The fourth-order valence-corrected chi connectivity index (χ4v) is 6.53. The molecule has 2 aliphatic rings. The van der Waals surface area contributed by atoms with Crippen LogP contribution in [-0.4, -0.2) is 24.3 Å². The van der Waals surface area contributed by atoms with E-state index < -0.39 is 0 Å². The molecule has 0 aromatic rings. The number of ether oxygens (including phenoxy) is 1. The van der Waals surface area contributed by atoms with E-state index in [1.165, 1.54) is 109 Å². The van der Waals surface area contributed by atoms with Crippen molar-refractivity contribution in [2.75, 3.05) is 13.2 Å². The van der Waals surface area contributed by atoms with Crippen LogP contribution in [0.15, 0.2) is 12.2 Å². The van der Waals surface area contributed by atoms with Crippen molar-refractivity contribution in [2.24, 2.45) is 29.6 Å². The number of rotatable bonds is 17. The number of carbonyl (C=O) groups excluding carboxylic acids is 1. The Hall–Kier alpha value is -0.830. The highest BCUT2D eigenvalue weighted by Crippen LogP contribution is 2.43. The second-order valence-electron chi connectivity index (χ2n) is 11.8. The summed E-state index contributed by atoms with van der Waals surface area (Å²) in [7, 11) is 0. The van der Waals surface area contributed by atoms with E-state index in [-0.39, 0.29) is 18.5 Å². The molecule has 1 N–H and O–H groups in total. The second-order valence-corrected chi connectivity index (χ2v) is 11.8. The third-order valence-electron chi connectivity index (χ3n) is 8.95. The lowest BCUT2D eigenvalue weighted by Crippen LogP contribution is -2.26. The van der Waals surface area contributed by atoms with Crippen LogP contribution in [0.1, 0.15) is 136 Å². The van der Waals surface area contributed by atoms with Crippen molar-refractivity contribution in [1.82, 2.24) is 0 Å². The number of hydrogen-bond donors (Lipinski definition) is 1. The molecule has 198 valence electrons. The van der Waals surface area contributed by atoms with Gasteiger partial charge in [0, 0.05) is 18.1 Å². The van der Waals surface area contributed by atoms with Crippen LogP contribution in [0.25, 0.3) is 0 Å². The average molecular weight is 477 g/mol. The molecule has 0 aromatic carbocycles. The topological polar surface area (TPSA) is 46.5 Å². The van der Waals surface area contributed by atoms with Crippen molar-refractivity contribution >= 4 is 5.97 Å². The van der Waals surface area contributed by atoms with Crippen molar-refractivity contribution < 1.29 is 14.6 Å². The monoisotopic (exact) mass is 476 g/mol. The molecule has 0 aromatic heterocycles. The molecule has 2 aliphatic carbocycles. The van der Waals surface area contributed by atoms with E-state index in [1.807, 2.05) is 0 Å². The molecule has 34 heavy (non-hydrogen) atoms. The standard InChI is InChI=1S/C31H56O3/c1-4-5-6-7-8-9-10-12-26-15-19-29(20-16-26)30-21-17-27(18-22-30)13-11-14-28(23-32)24-34-31(33)25(2)3/h26-30,32H,2,4-24H2,1,3H3. The molecule has 2 saturated carbocycles. The van der Waals surface area contributed by atoms with Crippen LogP contribution in [0.3, 0.4) is 0 Å². The van der Waals surface area contributed by atoms with Gasteiger partial charge >= 0.3 is 5.97 Å². The van der Waals surface area contributed by atoms with Crippen molar-refractivity contribution in [3.8, 4) is 0 Å². The fraction of sp³-hybridized carbons (Fsp3) is 0.903. The number of carbonyl (C=O) groups is 1. The molecular weight excluding hydrogens is 420 g/mol. The lowest BCUT2D eigenvalue weighted by Gasteiger charge is -2.38. The van der Waals surface area contributed by atoms with Gasteiger partial charge in [-0.05, 0) is 62.7 Å². The van der Waals surface area contributed by atoms with Gasteiger partial charge in [-0.1, -0.05) is 103 Å². The molecule has 2 fully saturated rings. The van der Waals surface area contributed by atoms with Crippen LogP contribution < -0.4 is 0 Å². The summed E-state index contributed by atoms with van der Waals surface area (Å²) in [6, 6.07) is 0. The van der Waals surface area contributed by atoms with E-state index in [0.717, 1.165) is 36.5 Å². The zero-order chi connectivity index (χ0) is 24.6. The molecule has 0 amide bonds. The van der Waals surface area contributed by atoms with Gasteiger partial charge in [0.05, 0.1) is 6.61 Å². The van der Waals surface area contributed by atoms with Crippen LogP contribution in [0.5, 0.6) is 0 Å². The Morgan fingerprint density at radius 2 is 1.32 bits per heavy atom. The number of esters is 1. The van der Waals surface area contributed by atoms with E-state index in [1.54, 1.807) is 6.92 Å². The lowest BCUT2D eigenvalue weighted by molar-refractivity contribution is -0.140. The molecule has 3 nitrogen and oxygen atoms in total. The third kappa shape index (κ3) is 11.7. The molecular formula is C31H56O3. The summed E-state index contributed by atoms with van der Waals surface area (Å²) in [4.78, 5) is 11.6. The highest BCUT2D eigenvalue weighted by molar-refractivity contribution is 5.86. The molecule has 2 rings (SSSR count). The molecule has 0 radical (unpaired) electrons. The molecule has 0 heterocycles. The van der Waals surface area contributed by atoms with Gasteiger partial charge in [0.2, 0.25) is 0 Å². The largest absolute Gasteiger partial charge is 0.462 e. The maximum Gasteiger partial charge on any atom is 0.333 e. The van der Waals surface area contributed by atoms with E-state index in [0.29, 0.717) is 12.2 Å². The van der Waals surface area contributed by atoms with Gasteiger partial charge in [0.25, 0.3) is 0 Å². The normalized spacial score (nSPS) is 26.2. The predicted molar refractivity (Wildman–Crippen MR) is 144 cm³/mol. The Bertz CT molecular complexity index is 541. The van der Waals surface area contributed by atoms with Gasteiger partial charge < -0.3 is 9.84 Å². The van der Waals surface area contributed by atoms with Gasteiger partial charge in [-0.25, -0.2) is 4.79 Å². The summed E-state index contributed by atoms with van der Waals surface area (Å²) in [6.45, 7) is 7.99. The van der Waals surface area contributed by atoms with Gasteiger partial charge in [0.15, 0.2) is 0 Å². The van der Waals surface area contributed by atoms with Gasteiger partial charge in [-0.15, -0.1) is 0 Å². The fourth-order valence-electron chi connectivity index (χ4n) is 6.53. The zero-order valence-corrected chi connectivity index (χ0v) is 22.7. The highest BCUT2D eigenvalue weighted by Gasteiger charge is 2.30. The van der Waals surface area contributed by atoms with Crippen molar-refractivity contribution in [2.45, 2.75) is 136 Å². The van der Waals surface area contributed by atoms with Crippen LogP contribution in [0.4, 0.5) is 0 Å². The van der Waals surface area contributed by atoms with Gasteiger partial charge in [-0.3, -0.25) is 0 Å². The minimum Gasteiger partial charge on any atom is -0.462 e. The second kappa shape index (κ2) is 17.6. The summed E-state index contributed by atoms with van der Waals surface area (Å²) in [6.07, 6.45) is 26.6. The maximum absolute atomic E-state index is 11.6. The molecule has 0 saturated heterocycles. The maximum atomic E-state index is 11.6. The first-order chi connectivity index (χ1) is 16.5. The quantitative estimate of drug-likeness (QED) is 0.130. The Labute approximate surface area is 211 Å². The first-order valence-electron chi connectivity index (χ1n) is 15.0. The van der Waals surface area contributed by atoms with Crippen molar-refractivity contribution in [3.63, 3.8) is 0 Å². The molecule has 0 aliphatic heterocycles. The summed E-state index contributed by atoms with van der Waals surface area (Å²) in [5.74, 6) is 3.61. The summed E-state index contributed by atoms with van der Waals surface area (Å²) in [5, 5.41) is 9.60. The Kier molecular flexibility index (Phi) is 15.2.